The lowest BCUT2D eigenvalue weighted by Gasteiger charge is -2.06. The van der Waals surface area contributed by atoms with Gasteiger partial charge in [-0.05, 0) is 47.3 Å². The third-order valence-electron chi connectivity index (χ3n) is 3.02. The van der Waals surface area contributed by atoms with Crippen molar-refractivity contribution in [3.05, 3.63) is 84.9 Å². The first-order valence-electron chi connectivity index (χ1n) is 7.55. The van der Waals surface area contributed by atoms with Gasteiger partial charge >= 0.3 is 0 Å². The molecule has 0 unspecified atom stereocenters. The maximum atomic E-state index is 3.34. The Balaban J connectivity index is 0.000000847. The van der Waals surface area contributed by atoms with Crippen LogP contribution >= 0.6 is 11.9 Å². The third kappa shape index (κ3) is 4.68. The SMILES string of the molecule is CC.c1ccc(NSc2ccc(-c3ccccc3)cc2)cc1. The lowest BCUT2D eigenvalue weighted by molar-refractivity contribution is 1.46. The Labute approximate surface area is 137 Å². The van der Waals surface area contributed by atoms with Gasteiger partial charge in [0, 0.05) is 10.6 Å². The molecule has 22 heavy (non-hydrogen) atoms. The molecule has 3 rings (SSSR count). The minimum Gasteiger partial charge on any atom is -0.326 e. The van der Waals surface area contributed by atoms with Crippen LogP contribution in [0.4, 0.5) is 5.69 Å². The molecule has 0 spiro atoms. The number of hydrogen-bond donors (Lipinski definition) is 1. The van der Waals surface area contributed by atoms with Gasteiger partial charge in [-0.3, -0.25) is 0 Å². The molecule has 0 atom stereocenters. The maximum absolute atomic E-state index is 3.34. The largest absolute Gasteiger partial charge is 0.326 e. The Hall–Kier alpha value is -2.19. The molecule has 0 radical (unpaired) electrons. The summed E-state index contributed by atoms with van der Waals surface area (Å²) in [5, 5.41) is 0. The average Bonchev–Trinajstić information content (AvgIpc) is 2.64. The standard InChI is InChI=1S/C18H15NS.C2H6/c1-3-7-15(8-4-1)16-11-13-18(14-12-16)20-19-17-9-5-2-6-10-17;1-2/h1-14,19H;1-2H3. The van der Waals surface area contributed by atoms with Gasteiger partial charge in [-0.2, -0.15) is 0 Å². The first kappa shape index (κ1) is 16.2. The zero-order valence-electron chi connectivity index (χ0n) is 13.0. The van der Waals surface area contributed by atoms with E-state index < -0.39 is 0 Å². The molecule has 2 heteroatoms. The van der Waals surface area contributed by atoms with Crippen LogP contribution in [0.5, 0.6) is 0 Å². The fraction of sp³-hybridized carbons (Fsp3) is 0.100. The van der Waals surface area contributed by atoms with Crippen LogP contribution in [0.25, 0.3) is 11.1 Å². The van der Waals surface area contributed by atoms with Gasteiger partial charge in [-0.25, -0.2) is 0 Å². The molecule has 3 aromatic rings. The van der Waals surface area contributed by atoms with Crippen LogP contribution in [0.1, 0.15) is 13.8 Å². The van der Waals surface area contributed by atoms with Crippen LogP contribution in [-0.2, 0) is 0 Å². The smallest absolute Gasteiger partial charge is 0.0443 e. The van der Waals surface area contributed by atoms with E-state index in [1.54, 1.807) is 11.9 Å². The van der Waals surface area contributed by atoms with Gasteiger partial charge in [0.2, 0.25) is 0 Å². The topological polar surface area (TPSA) is 12.0 Å². The van der Waals surface area contributed by atoms with Crippen LogP contribution < -0.4 is 4.72 Å². The van der Waals surface area contributed by atoms with Crippen molar-refractivity contribution in [1.29, 1.82) is 0 Å². The molecule has 0 bridgehead atoms. The molecule has 0 saturated heterocycles. The van der Waals surface area contributed by atoms with E-state index in [2.05, 4.69) is 65.4 Å². The van der Waals surface area contributed by atoms with Gasteiger partial charge < -0.3 is 4.72 Å². The quantitative estimate of drug-likeness (QED) is 0.552. The number of para-hydroxylation sites is 1. The van der Waals surface area contributed by atoms with Crippen molar-refractivity contribution in [3.63, 3.8) is 0 Å². The Morgan fingerprint density at radius 3 is 1.68 bits per heavy atom. The van der Waals surface area contributed by atoms with Gasteiger partial charge in [-0.15, -0.1) is 0 Å². The zero-order chi connectivity index (χ0) is 15.6. The molecule has 0 fully saturated rings. The van der Waals surface area contributed by atoms with E-state index in [1.807, 2.05) is 38.1 Å². The summed E-state index contributed by atoms with van der Waals surface area (Å²) in [6.07, 6.45) is 0. The van der Waals surface area contributed by atoms with Crippen LogP contribution in [0.3, 0.4) is 0 Å². The number of benzene rings is 3. The van der Waals surface area contributed by atoms with Crippen LogP contribution in [-0.4, -0.2) is 0 Å². The molecule has 0 heterocycles. The average molecular weight is 307 g/mol. The third-order valence-corrected chi connectivity index (χ3v) is 3.87. The van der Waals surface area contributed by atoms with Crippen molar-refractivity contribution in [3.8, 4) is 11.1 Å². The first-order valence-corrected chi connectivity index (χ1v) is 8.37. The highest BCUT2D eigenvalue weighted by molar-refractivity contribution is 8.00. The molecular formula is C20H21NS. The van der Waals surface area contributed by atoms with Gasteiger partial charge in [0.15, 0.2) is 0 Å². The van der Waals surface area contributed by atoms with E-state index >= 15 is 0 Å². The van der Waals surface area contributed by atoms with Gasteiger partial charge in [0.25, 0.3) is 0 Å². The van der Waals surface area contributed by atoms with E-state index in [-0.39, 0.29) is 0 Å². The molecule has 0 aliphatic heterocycles. The second-order valence-electron chi connectivity index (χ2n) is 4.46. The zero-order valence-corrected chi connectivity index (χ0v) is 13.8. The van der Waals surface area contributed by atoms with Gasteiger partial charge in [-0.1, -0.05) is 74.5 Å². The Morgan fingerprint density at radius 1 is 0.591 bits per heavy atom. The fourth-order valence-electron chi connectivity index (χ4n) is 1.97. The van der Waals surface area contributed by atoms with E-state index in [4.69, 9.17) is 0 Å². The molecule has 1 nitrogen and oxygen atoms in total. The Bertz CT molecular complexity index is 648. The summed E-state index contributed by atoms with van der Waals surface area (Å²) in [5.74, 6) is 0. The fourth-order valence-corrected chi connectivity index (χ4v) is 2.61. The van der Waals surface area contributed by atoms with Crippen molar-refractivity contribution in [1.82, 2.24) is 0 Å². The van der Waals surface area contributed by atoms with Gasteiger partial charge in [0.05, 0.1) is 0 Å². The lowest BCUT2D eigenvalue weighted by atomic mass is 10.1. The highest BCUT2D eigenvalue weighted by Crippen LogP contribution is 2.25. The highest BCUT2D eigenvalue weighted by atomic mass is 32.2. The number of nitrogens with one attached hydrogen (secondary N) is 1. The Morgan fingerprint density at radius 2 is 1.09 bits per heavy atom. The summed E-state index contributed by atoms with van der Waals surface area (Å²) in [7, 11) is 0. The molecule has 0 aliphatic carbocycles. The van der Waals surface area contributed by atoms with Crippen molar-refractivity contribution in [2.75, 3.05) is 4.72 Å². The summed E-state index contributed by atoms with van der Waals surface area (Å²) < 4.78 is 3.34. The van der Waals surface area contributed by atoms with Gasteiger partial charge in [0.1, 0.15) is 0 Å². The summed E-state index contributed by atoms with van der Waals surface area (Å²) in [5.41, 5.74) is 3.61. The lowest BCUT2D eigenvalue weighted by Crippen LogP contribution is -1.85. The van der Waals surface area contributed by atoms with Crippen molar-refractivity contribution in [2.45, 2.75) is 18.7 Å². The van der Waals surface area contributed by atoms with E-state index in [1.165, 1.54) is 16.0 Å². The molecule has 0 aromatic heterocycles. The minimum absolute atomic E-state index is 1.12. The summed E-state index contributed by atoms with van der Waals surface area (Å²) in [6.45, 7) is 4.00. The minimum atomic E-state index is 1.12. The molecule has 0 aliphatic rings. The summed E-state index contributed by atoms with van der Waals surface area (Å²) in [4.78, 5) is 1.20. The summed E-state index contributed by atoms with van der Waals surface area (Å²) in [6, 6.07) is 29.2. The molecule has 3 aromatic carbocycles. The predicted octanol–water partition coefficient (Wildman–Crippen LogP) is 6.50. The van der Waals surface area contributed by atoms with Crippen LogP contribution in [0, 0.1) is 0 Å². The number of hydrogen-bond acceptors (Lipinski definition) is 2. The normalized spacial score (nSPS) is 9.55. The van der Waals surface area contributed by atoms with Crippen molar-refractivity contribution >= 4 is 17.6 Å². The molecular weight excluding hydrogens is 286 g/mol. The second kappa shape index (κ2) is 8.96. The molecule has 112 valence electrons. The van der Waals surface area contributed by atoms with Crippen molar-refractivity contribution in [2.24, 2.45) is 0 Å². The number of rotatable bonds is 4. The summed E-state index contributed by atoms with van der Waals surface area (Å²) >= 11 is 1.63. The second-order valence-corrected chi connectivity index (χ2v) is 5.34. The van der Waals surface area contributed by atoms with E-state index in [0.717, 1.165) is 5.69 Å². The molecule has 1 N–H and O–H groups in total. The van der Waals surface area contributed by atoms with E-state index in [0.29, 0.717) is 0 Å². The molecule has 0 saturated carbocycles. The van der Waals surface area contributed by atoms with E-state index in [9.17, 15) is 0 Å². The first-order chi connectivity index (χ1) is 10.9. The van der Waals surface area contributed by atoms with Crippen LogP contribution in [0.15, 0.2) is 89.8 Å². The number of anilines is 1. The van der Waals surface area contributed by atoms with Crippen molar-refractivity contribution < 1.29 is 0 Å². The molecule has 0 amide bonds. The predicted molar refractivity (Wildman–Crippen MR) is 99.1 cm³/mol. The Kier molecular flexibility index (Phi) is 6.59. The maximum Gasteiger partial charge on any atom is 0.0443 e. The monoisotopic (exact) mass is 307 g/mol. The highest BCUT2D eigenvalue weighted by Gasteiger charge is 1.98. The van der Waals surface area contributed by atoms with Crippen LogP contribution in [0.2, 0.25) is 0 Å².